The molecule has 146 valence electrons. The lowest BCUT2D eigenvalue weighted by atomic mass is 10.2. The number of hydrogen-bond donors (Lipinski definition) is 1. The molecule has 3 aromatic rings. The number of nitrogens with zero attached hydrogens (tertiary/aromatic N) is 3. The second kappa shape index (κ2) is 7.72. The molecule has 3 rings (SSSR count). The average molecular weight is 427 g/mol. The molecule has 11 heteroatoms. The highest BCUT2D eigenvalue weighted by Gasteiger charge is 2.18. The van der Waals surface area contributed by atoms with E-state index < -0.39 is 22.9 Å². The Kier molecular flexibility index (Phi) is 5.52. The van der Waals surface area contributed by atoms with Crippen LogP contribution in [0.4, 0.5) is 14.5 Å². The molecule has 0 saturated carbocycles. The Bertz CT molecular complexity index is 1210. The summed E-state index contributed by atoms with van der Waals surface area (Å²) in [5, 5.41) is 2.72. The number of aryl methyl sites for hydroxylation is 1. The molecule has 7 nitrogen and oxygen atoms in total. The molecule has 0 spiro atoms. The number of pyridine rings is 1. The van der Waals surface area contributed by atoms with Gasteiger partial charge in [0.1, 0.15) is 11.3 Å². The number of amides is 1. The van der Waals surface area contributed by atoms with Crippen molar-refractivity contribution in [1.29, 1.82) is 0 Å². The third-order valence-electron chi connectivity index (χ3n) is 3.96. The summed E-state index contributed by atoms with van der Waals surface area (Å²) in [5.74, 6) is -3.42. The fraction of sp³-hybridized carbons (Fsp3) is 0.176. The van der Waals surface area contributed by atoms with Gasteiger partial charge in [-0.2, -0.15) is 8.78 Å². The van der Waals surface area contributed by atoms with Gasteiger partial charge in [-0.05, 0) is 24.3 Å². The minimum atomic E-state index is -2.72. The van der Waals surface area contributed by atoms with Crippen molar-refractivity contribution in [2.24, 2.45) is 14.1 Å². The molecule has 1 N–H and O–H groups in total. The van der Waals surface area contributed by atoms with Crippen molar-refractivity contribution in [3.63, 3.8) is 0 Å². The van der Waals surface area contributed by atoms with E-state index in [1.165, 1.54) is 44.4 Å². The molecule has 28 heavy (non-hydrogen) atoms. The molecule has 0 unspecified atom stereocenters. The van der Waals surface area contributed by atoms with Gasteiger partial charge in [-0.25, -0.2) is 9.78 Å². The van der Waals surface area contributed by atoms with E-state index in [0.717, 1.165) is 9.13 Å². The third-order valence-corrected chi connectivity index (χ3v) is 5.24. The lowest BCUT2D eigenvalue weighted by Crippen LogP contribution is -2.37. The summed E-state index contributed by atoms with van der Waals surface area (Å²) in [6.45, 7) is 0. The largest absolute Gasteiger partial charge is 0.332 e. The van der Waals surface area contributed by atoms with Gasteiger partial charge in [0.05, 0.1) is 21.0 Å². The molecule has 0 saturated heterocycles. The van der Waals surface area contributed by atoms with Crippen LogP contribution in [-0.4, -0.2) is 25.8 Å². The first-order valence-corrected chi connectivity index (χ1v) is 9.08. The zero-order chi connectivity index (χ0) is 20.6. The quantitative estimate of drug-likeness (QED) is 0.648. The van der Waals surface area contributed by atoms with Gasteiger partial charge in [0.15, 0.2) is 0 Å². The van der Waals surface area contributed by atoms with Crippen molar-refractivity contribution in [2.75, 3.05) is 5.32 Å². The molecule has 1 amide bonds. The number of benzene rings is 1. The number of anilines is 1. The predicted molar refractivity (Wildman–Crippen MR) is 103 cm³/mol. The maximum atomic E-state index is 12.8. The highest BCUT2D eigenvalue weighted by molar-refractivity contribution is 7.99. The lowest BCUT2D eigenvalue weighted by molar-refractivity contribution is 0.102. The fourth-order valence-corrected chi connectivity index (χ4v) is 3.50. The molecule has 1 aromatic carbocycles. The predicted octanol–water partition coefficient (Wildman–Crippen LogP) is 2.85. The molecule has 0 bridgehead atoms. The second-order valence-electron chi connectivity index (χ2n) is 5.72. The van der Waals surface area contributed by atoms with Crippen molar-refractivity contribution in [2.45, 2.75) is 10.7 Å². The van der Waals surface area contributed by atoms with Crippen LogP contribution in [0.15, 0.2) is 44.8 Å². The summed E-state index contributed by atoms with van der Waals surface area (Å²) in [5.41, 5.74) is -1.09. The van der Waals surface area contributed by atoms with Crippen LogP contribution in [0.25, 0.3) is 11.0 Å². The second-order valence-corrected chi connectivity index (χ2v) is 7.13. The van der Waals surface area contributed by atoms with Crippen molar-refractivity contribution in [3.05, 3.63) is 61.9 Å². The summed E-state index contributed by atoms with van der Waals surface area (Å²) >= 11 is 6.16. The van der Waals surface area contributed by atoms with Crippen molar-refractivity contribution >= 4 is 46.0 Å². The third kappa shape index (κ3) is 3.65. The number of alkyl halides is 2. The monoisotopic (exact) mass is 426 g/mol. The van der Waals surface area contributed by atoms with Crippen LogP contribution in [-0.2, 0) is 14.1 Å². The lowest BCUT2D eigenvalue weighted by Gasteiger charge is -2.12. The van der Waals surface area contributed by atoms with Gasteiger partial charge in [0.25, 0.3) is 17.2 Å². The van der Waals surface area contributed by atoms with Gasteiger partial charge < -0.3 is 5.32 Å². The number of rotatable bonds is 4. The van der Waals surface area contributed by atoms with Gasteiger partial charge in [-0.1, -0.05) is 29.4 Å². The van der Waals surface area contributed by atoms with Gasteiger partial charge in [-0.3, -0.25) is 18.7 Å². The normalized spacial score (nSPS) is 11.2. The molecule has 0 atom stereocenters. The van der Waals surface area contributed by atoms with Crippen LogP contribution in [0.2, 0.25) is 5.02 Å². The maximum Gasteiger partial charge on any atom is 0.332 e. The first kappa shape index (κ1) is 20.0. The van der Waals surface area contributed by atoms with Gasteiger partial charge in [-0.15, -0.1) is 0 Å². The molecule has 0 aliphatic heterocycles. The van der Waals surface area contributed by atoms with Crippen molar-refractivity contribution in [1.82, 2.24) is 14.1 Å². The fourth-order valence-electron chi connectivity index (χ4n) is 2.58. The number of carbonyl (C=O) groups excluding carboxylic acids is 1. The first-order chi connectivity index (χ1) is 13.2. The molecule has 2 heterocycles. The smallest absolute Gasteiger partial charge is 0.320 e. The van der Waals surface area contributed by atoms with Crippen LogP contribution < -0.4 is 16.6 Å². The highest BCUT2D eigenvalue weighted by atomic mass is 35.5. The number of nitrogens with one attached hydrogen (secondary N) is 1. The summed E-state index contributed by atoms with van der Waals surface area (Å²) in [6, 6.07) is 7.07. The van der Waals surface area contributed by atoms with E-state index in [2.05, 4.69) is 10.3 Å². The number of thioether (sulfide) groups is 1. The van der Waals surface area contributed by atoms with Crippen molar-refractivity contribution < 1.29 is 13.6 Å². The van der Waals surface area contributed by atoms with Gasteiger partial charge in [0.2, 0.25) is 0 Å². The number of halogens is 3. The highest BCUT2D eigenvalue weighted by Crippen LogP contribution is 2.37. The minimum Gasteiger partial charge on any atom is -0.320 e. The molecule has 0 radical (unpaired) electrons. The zero-order valence-electron chi connectivity index (χ0n) is 14.6. The Balaban J connectivity index is 2.03. The van der Waals surface area contributed by atoms with E-state index in [0.29, 0.717) is 0 Å². The van der Waals surface area contributed by atoms with E-state index in [-0.39, 0.29) is 44.1 Å². The molecule has 0 fully saturated rings. The van der Waals surface area contributed by atoms with E-state index in [1.807, 2.05) is 0 Å². The summed E-state index contributed by atoms with van der Waals surface area (Å²) in [7, 11) is 2.76. The molecular formula is C17H13ClF2N4O3S. The number of hydrogen-bond acceptors (Lipinski definition) is 5. The minimum absolute atomic E-state index is 0.0228. The van der Waals surface area contributed by atoms with Crippen LogP contribution in [0.5, 0.6) is 0 Å². The Morgan fingerprint density at radius 2 is 1.89 bits per heavy atom. The molecule has 0 aliphatic carbocycles. The molecule has 0 aliphatic rings. The Hall–Kier alpha value is -2.72. The summed E-state index contributed by atoms with van der Waals surface area (Å²) in [4.78, 5) is 40.9. The van der Waals surface area contributed by atoms with E-state index >= 15 is 0 Å². The molecule has 2 aromatic heterocycles. The Morgan fingerprint density at radius 3 is 2.57 bits per heavy atom. The number of fused-ring (bicyclic) bond motifs is 1. The van der Waals surface area contributed by atoms with Crippen LogP contribution in [0.3, 0.4) is 0 Å². The van der Waals surface area contributed by atoms with Gasteiger partial charge >= 0.3 is 5.69 Å². The Labute approximate surface area is 166 Å². The molecular weight excluding hydrogens is 414 g/mol. The Morgan fingerprint density at radius 1 is 1.18 bits per heavy atom. The topological polar surface area (TPSA) is 86.0 Å². The van der Waals surface area contributed by atoms with Crippen molar-refractivity contribution in [3.8, 4) is 0 Å². The maximum absolute atomic E-state index is 12.8. The first-order valence-electron chi connectivity index (χ1n) is 7.82. The van der Waals surface area contributed by atoms with Gasteiger partial charge in [0, 0.05) is 14.1 Å². The standard InChI is InChI=1S/C17H13ClF2N4O3S/c1-23-13-8(15(26)24(2)17(23)27)6-7-11(21-13)14(25)22-10-5-3-4-9(18)12(10)28-16(19)20/h3-7,16H,1-2H3,(H,22,25). The SMILES string of the molecule is Cn1c(=O)c2ccc(C(=O)Nc3cccc(Cl)c3SC(F)F)nc2n(C)c1=O. The van der Waals surface area contributed by atoms with Crippen LogP contribution in [0.1, 0.15) is 10.5 Å². The zero-order valence-corrected chi connectivity index (χ0v) is 16.1. The van der Waals surface area contributed by atoms with Crippen LogP contribution >= 0.6 is 23.4 Å². The summed E-state index contributed by atoms with van der Waals surface area (Å²) < 4.78 is 27.6. The van der Waals surface area contributed by atoms with Crippen LogP contribution in [0, 0.1) is 0 Å². The average Bonchev–Trinajstić information content (AvgIpc) is 2.66. The van der Waals surface area contributed by atoms with E-state index in [4.69, 9.17) is 11.6 Å². The number of carbonyl (C=O) groups is 1. The number of aromatic nitrogens is 3. The van der Waals surface area contributed by atoms with E-state index in [9.17, 15) is 23.2 Å². The van der Waals surface area contributed by atoms with E-state index in [1.54, 1.807) is 0 Å². The summed E-state index contributed by atoms with van der Waals surface area (Å²) in [6.07, 6.45) is 0.